The zero-order valence-corrected chi connectivity index (χ0v) is 11.2. The van der Waals surface area contributed by atoms with E-state index in [0.717, 1.165) is 7.11 Å². The molecule has 0 unspecified atom stereocenters. The van der Waals surface area contributed by atoms with Crippen LogP contribution in [0.3, 0.4) is 0 Å². The van der Waals surface area contributed by atoms with Gasteiger partial charge in [0.15, 0.2) is 23.2 Å². The molecular formula is C15H13F3O3. The maximum Gasteiger partial charge on any atom is 0.175 e. The van der Waals surface area contributed by atoms with Gasteiger partial charge in [-0.3, -0.25) is 0 Å². The maximum atomic E-state index is 14.1. The standard InChI is InChI=1S/C15H13F3O3/c1-20-15-10(7-19)12(16)13(17)11(14(15)18)8-21-9-5-3-2-4-6-9/h2-6,19H,7-8H2,1H3. The number of hydrogen-bond donors (Lipinski definition) is 1. The second-order valence-electron chi connectivity index (χ2n) is 4.19. The first-order chi connectivity index (χ1) is 10.1. The molecule has 0 heterocycles. The number of halogens is 3. The second kappa shape index (κ2) is 6.49. The van der Waals surface area contributed by atoms with Gasteiger partial charge < -0.3 is 14.6 Å². The van der Waals surface area contributed by atoms with Crippen molar-refractivity contribution in [1.82, 2.24) is 0 Å². The molecule has 2 aromatic carbocycles. The fraction of sp³-hybridized carbons (Fsp3) is 0.200. The minimum Gasteiger partial charge on any atom is -0.493 e. The van der Waals surface area contributed by atoms with Gasteiger partial charge in [-0.1, -0.05) is 18.2 Å². The minimum atomic E-state index is -1.40. The molecule has 0 aliphatic heterocycles. The van der Waals surface area contributed by atoms with Gasteiger partial charge in [0, 0.05) is 0 Å². The van der Waals surface area contributed by atoms with Crippen LogP contribution in [0.5, 0.6) is 11.5 Å². The Balaban J connectivity index is 2.37. The molecule has 0 aliphatic rings. The Morgan fingerprint density at radius 3 is 2.14 bits per heavy atom. The fourth-order valence-corrected chi connectivity index (χ4v) is 1.88. The minimum absolute atomic E-state index is 0.391. The summed E-state index contributed by atoms with van der Waals surface area (Å²) in [7, 11) is 1.11. The first kappa shape index (κ1) is 15.2. The van der Waals surface area contributed by atoms with E-state index in [0.29, 0.717) is 5.75 Å². The Labute approximate surface area is 119 Å². The molecule has 0 amide bonds. The summed E-state index contributed by atoms with van der Waals surface area (Å²) in [5, 5.41) is 8.99. The monoisotopic (exact) mass is 298 g/mol. The number of rotatable bonds is 5. The quantitative estimate of drug-likeness (QED) is 0.862. The third kappa shape index (κ3) is 2.95. The van der Waals surface area contributed by atoms with Crippen molar-refractivity contribution in [3.05, 3.63) is 58.9 Å². The van der Waals surface area contributed by atoms with Crippen LogP contribution in [0.25, 0.3) is 0 Å². The third-order valence-electron chi connectivity index (χ3n) is 2.95. The molecule has 6 heteroatoms. The molecule has 0 saturated heterocycles. The van der Waals surface area contributed by atoms with Gasteiger partial charge in [-0.2, -0.15) is 0 Å². The second-order valence-corrected chi connectivity index (χ2v) is 4.19. The summed E-state index contributed by atoms with van der Waals surface area (Å²) in [6, 6.07) is 8.35. The molecule has 3 nitrogen and oxygen atoms in total. The van der Waals surface area contributed by atoms with Crippen LogP contribution >= 0.6 is 0 Å². The Morgan fingerprint density at radius 1 is 0.952 bits per heavy atom. The van der Waals surface area contributed by atoms with Crippen molar-refractivity contribution in [2.45, 2.75) is 13.2 Å². The third-order valence-corrected chi connectivity index (χ3v) is 2.95. The van der Waals surface area contributed by atoms with Crippen molar-refractivity contribution >= 4 is 0 Å². The van der Waals surface area contributed by atoms with Gasteiger partial charge in [-0.15, -0.1) is 0 Å². The predicted octanol–water partition coefficient (Wildman–Crippen LogP) is 3.18. The number of hydrogen-bond acceptors (Lipinski definition) is 3. The molecule has 0 radical (unpaired) electrons. The van der Waals surface area contributed by atoms with Crippen molar-refractivity contribution in [2.24, 2.45) is 0 Å². The first-order valence-corrected chi connectivity index (χ1v) is 6.11. The molecule has 0 spiro atoms. The van der Waals surface area contributed by atoms with E-state index in [-0.39, 0.29) is 0 Å². The average molecular weight is 298 g/mol. The van der Waals surface area contributed by atoms with Crippen LogP contribution in [0.4, 0.5) is 13.2 Å². The highest BCUT2D eigenvalue weighted by Gasteiger charge is 2.25. The molecule has 2 aromatic rings. The van der Waals surface area contributed by atoms with Crippen LogP contribution in [-0.2, 0) is 13.2 Å². The summed E-state index contributed by atoms with van der Waals surface area (Å²) in [5.74, 6) is -3.96. The Hall–Kier alpha value is -2.21. The Kier molecular flexibility index (Phi) is 4.70. The molecular weight excluding hydrogens is 285 g/mol. The van der Waals surface area contributed by atoms with Crippen molar-refractivity contribution in [1.29, 1.82) is 0 Å². The van der Waals surface area contributed by atoms with E-state index in [4.69, 9.17) is 14.6 Å². The molecule has 0 aliphatic carbocycles. The van der Waals surface area contributed by atoms with Gasteiger partial charge in [-0.05, 0) is 12.1 Å². The topological polar surface area (TPSA) is 38.7 Å². The van der Waals surface area contributed by atoms with E-state index in [2.05, 4.69) is 0 Å². The fourth-order valence-electron chi connectivity index (χ4n) is 1.88. The highest BCUT2D eigenvalue weighted by atomic mass is 19.2. The lowest BCUT2D eigenvalue weighted by Crippen LogP contribution is -2.10. The zero-order valence-electron chi connectivity index (χ0n) is 11.2. The van der Waals surface area contributed by atoms with E-state index < -0.39 is 47.5 Å². The summed E-state index contributed by atoms with van der Waals surface area (Å²) < 4.78 is 51.7. The molecule has 0 atom stereocenters. The molecule has 0 saturated carbocycles. The molecule has 0 aromatic heterocycles. The van der Waals surface area contributed by atoms with Gasteiger partial charge in [0.1, 0.15) is 12.4 Å². The summed E-state index contributed by atoms with van der Waals surface area (Å²) >= 11 is 0. The number of aliphatic hydroxyl groups is 1. The molecule has 2 rings (SSSR count). The predicted molar refractivity (Wildman–Crippen MR) is 69.6 cm³/mol. The van der Waals surface area contributed by atoms with Crippen molar-refractivity contribution in [2.75, 3.05) is 7.11 Å². The van der Waals surface area contributed by atoms with Gasteiger partial charge >= 0.3 is 0 Å². The number of para-hydroxylation sites is 1. The molecule has 0 bridgehead atoms. The number of aliphatic hydroxyl groups excluding tert-OH is 1. The van der Waals surface area contributed by atoms with E-state index in [9.17, 15) is 13.2 Å². The van der Waals surface area contributed by atoms with E-state index in [1.54, 1.807) is 30.3 Å². The van der Waals surface area contributed by atoms with Crippen LogP contribution in [0.15, 0.2) is 30.3 Å². The first-order valence-electron chi connectivity index (χ1n) is 6.11. The van der Waals surface area contributed by atoms with Gasteiger partial charge in [0.05, 0.1) is 24.8 Å². The lowest BCUT2D eigenvalue weighted by atomic mass is 10.1. The van der Waals surface area contributed by atoms with Crippen molar-refractivity contribution < 1.29 is 27.8 Å². The summed E-state index contributed by atoms with van der Waals surface area (Å²) in [6.45, 7) is -1.37. The van der Waals surface area contributed by atoms with Gasteiger partial charge in [-0.25, -0.2) is 13.2 Å². The van der Waals surface area contributed by atoms with E-state index in [1.165, 1.54) is 0 Å². The van der Waals surface area contributed by atoms with E-state index in [1.807, 2.05) is 0 Å². The molecule has 21 heavy (non-hydrogen) atoms. The smallest absolute Gasteiger partial charge is 0.175 e. The van der Waals surface area contributed by atoms with Crippen LogP contribution in [0, 0.1) is 17.5 Å². The van der Waals surface area contributed by atoms with Crippen molar-refractivity contribution in [3.8, 4) is 11.5 Å². The molecule has 0 fully saturated rings. The maximum absolute atomic E-state index is 14.1. The lowest BCUT2D eigenvalue weighted by Gasteiger charge is -2.14. The highest BCUT2D eigenvalue weighted by molar-refractivity contribution is 5.41. The van der Waals surface area contributed by atoms with E-state index >= 15 is 0 Å². The Morgan fingerprint density at radius 2 is 1.57 bits per heavy atom. The van der Waals surface area contributed by atoms with Crippen LogP contribution in [0.2, 0.25) is 0 Å². The highest BCUT2D eigenvalue weighted by Crippen LogP contribution is 2.32. The molecule has 1 N–H and O–H groups in total. The molecule has 112 valence electrons. The van der Waals surface area contributed by atoms with Crippen LogP contribution in [-0.4, -0.2) is 12.2 Å². The normalized spacial score (nSPS) is 10.5. The van der Waals surface area contributed by atoms with Gasteiger partial charge in [0.25, 0.3) is 0 Å². The van der Waals surface area contributed by atoms with Gasteiger partial charge in [0.2, 0.25) is 0 Å². The van der Waals surface area contributed by atoms with Crippen LogP contribution in [0.1, 0.15) is 11.1 Å². The van der Waals surface area contributed by atoms with Crippen LogP contribution < -0.4 is 9.47 Å². The Bertz CT molecular complexity index is 630. The number of methoxy groups -OCH3 is 1. The average Bonchev–Trinajstić information content (AvgIpc) is 2.51. The number of ether oxygens (including phenoxy) is 2. The van der Waals surface area contributed by atoms with Crippen molar-refractivity contribution in [3.63, 3.8) is 0 Å². The number of benzene rings is 2. The largest absolute Gasteiger partial charge is 0.493 e. The SMILES string of the molecule is COc1c(F)c(COc2ccccc2)c(F)c(F)c1CO. The lowest BCUT2D eigenvalue weighted by molar-refractivity contribution is 0.252. The summed E-state index contributed by atoms with van der Waals surface area (Å²) in [6.07, 6.45) is 0. The summed E-state index contributed by atoms with van der Waals surface area (Å²) in [5.41, 5.74) is -1.15. The summed E-state index contributed by atoms with van der Waals surface area (Å²) in [4.78, 5) is 0. The zero-order chi connectivity index (χ0) is 15.4.